The van der Waals surface area contributed by atoms with Gasteiger partial charge in [-0.2, -0.15) is 0 Å². The van der Waals surface area contributed by atoms with Gasteiger partial charge in [0.1, 0.15) is 18.3 Å². The van der Waals surface area contributed by atoms with Crippen LogP contribution >= 0.6 is 0 Å². The van der Waals surface area contributed by atoms with Gasteiger partial charge in [0.05, 0.1) is 19.1 Å². The minimum absolute atomic E-state index is 0.0180. The van der Waals surface area contributed by atoms with Crippen LogP contribution in [0.4, 0.5) is 14.5 Å². The van der Waals surface area contributed by atoms with E-state index in [2.05, 4.69) is 5.32 Å². The monoisotopic (exact) mass is 483 g/mol. The Morgan fingerprint density at radius 3 is 2.21 bits per heavy atom. The van der Waals surface area contributed by atoms with Crippen LogP contribution in [0.3, 0.4) is 0 Å². The fourth-order valence-electron chi connectivity index (χ4n) is 3.27. The number of anilines is 1. The van der Waals surface area contributed by atoms with Crippen LogP contribution in [-0.2, 0) is 26.2 Å². The predicted octanol–water partition coefficient (Wildman–Crippen LogP) is 2.29. The number of nitrogens with zero attached hydrogens (tertiary/aromatic N) is 2. The topological polar surface area (TPSA) is 96.0 Å². The number of hydrogen-bond acceptors (Lipinski definition) is 5. The summed E-state index contributed by atoms with van der Waals surface area (Å²) in [7, 11) is -1.09. The summed E-state index contributed by atoms with van der Waals surface area (Å²) < 4.78 is 57.7. The summed E-state index contributed by atoms with van der Waals surface area (Å²) in [6.45, 7) is 1.04. The minimum Gasteiger partial charge on any atom is -0.497 e. The largest absolute Gasteiger partial charge is 0.497 e. The number of likely N-dealkylation sites (N-methyl/N-ethyl adjacent to an activating group) is 1. The third-order valence-corrected chi connectivity index (χ3v) is 6.16. The Hall–Kier alpha value is -3.21. The van der Waals surface area contributed by atoms with E-state index in [1.165, 1.54) is 19.1 Å². The molecule has 2 amide bonds. The molecule has 0 aliphatic carbocycles. The Bertz CT molecular complexity index is 1090. The van der Waals surface area contributed by atoms with Crippen molar-refractivity contribution >= 4 is 27.5 Å². The first-order chi connectivity index (χ1) is 15.5. The Labute approximate surface area is 192 Å². The van der Waals surface area contributed by atoms with Crippen LogP contribution in [-0.4, -0.2) is 58.1 Å². The molecular formula is C22H27F2N3O5S. The van der Waals surface area contributed by atoms with E-state index in [0.717, 1.165) is 18.4 Å². The highest BCUT2D eigenvalue weighted by atomic mass is 32.2. The summed E-state index contributed by atoms with van der Waals surface area (Å²) >= 11 is 0. The van der Waals surface area contributed by atoms with E-state index >= 15 is 0 Å². The molecule has 2 rings (SSSR count). The van der Waals surface area contributed by atoms with Gasteiger partial charge in [0, 0.05) is 19.7 Å². The van der Waals surface area contributed by atoms with Gasteiger partial charge in [-0.05, 0) is 36.2 Å². The second kappa shape index (κ2) is 11.1. The number of nitrogens with one attached hydrogen (secondary N) is 1. The molecule has 0 aliphatic heterocycles. The van der Waals surface area contributed by atoms with Gasteiger partial charge < -0.3 is 15.0 Å². The summed E-state index contributed by atoms with van der Waals surface area (Å²) in [6.07, 6.45) is 1.12. The SMILES string of the molecule is CC[C@@H](C(=O)NC)N(Cc1ccc(OC)cc1)C(=O)CN(c1ccc(F)c(F)c1)S(C)(=O)=O. The number of ether oxygens (including phenoxy) is 1. The number of carbonyl (C=O) groups excluding carboxylic acids is 2. The molecule has 0 radical (unpaired) electrons. The first-order valence-corrected chi connectivity index (χ1v) is 11.9. The molecule has 0 unspecified atom stereocenters. The standard InChI is InChI=1S/C22H27F2N3O5S/c1-5-20(22(29)25-2)26(13-15-6-9-17(32-3)10-7-15)21(28)14-27(33(4,30)31)16-8-11-18(23)19(24)12-16/h6-12,20H,5,13-14H2,1-4H3,(H,25,29)/t20-/m0/s1. The maximum absolute atomic E-state index is 13.8. The Morgan fingerprint density at radius 2 is 1.73 bits per heavy atom. The van der Waals surface area contributed by atoms with Crippen molar-refractivity contribution in [2.45, 2.75) is 25.9 Å². The molecule has 2 aromatic carbocycles. The second-order valence-electron chi connectivity index (χ2n) is 7.28. The van der Waals surface area contributed by atoms with Gasteiger partial charge in [0.25, 0.3) is 0 Å². The van der Waals surface area contributed by atoms with Crippen molar-refractivity contribution in [3.63, 3.8) is 0 Å². The molecule has 0 bridgehead atoms. The van der Waals surface area contributed by atoms with Crippen molar-refractivity contribution in [2.24, 2.45) is 0 Å². The average molecular weight is 484 g/mol. The molecule has 0 saturated heterocycles. The van der Waals surface area contributed by atoms with Gasteiger partial charge in [-0.3, -0.25) is 13.9 Å². The molecular weight excluding hydrogens is 456 g/mol. The van der Waals surface area contributed by atoms with Gasteiger partial charge in [-0.1, -0.05) is 19.1 Å². The lowest BCUT2D eigenvalue weighted by Crippen LogP contribution is -2.51. The fraction of sp³-hybridized carbons (Fsp3) is 0.364. The number of halogens is 2. The van der Waals surface area contributed by atoms with E-state index in [9.17, 15) is 26.8 Å². The molecule has 2 aromatic rings. The summed E-state index contributed by atoms with van der Waals surface area (Å²) in [5.74, 6) is -2.89. The van der Waals surface area contributed by atoms with Crippen LogP contribution in [0.5, 0.6) is 5.75 Å². The number of amides is 2. The van der Waals surface area contributed by atoms with Crippen molar-refractivity contribution in [3.05, 3.63) is 59.7 Å². The maximum Gasteiger partial charge on any atom is 0.244 e. The molecule has 8 nitrogen and oxygen atoms in total. The average Bonchev–Trinajstić information content (AvgIpc) is 2.78. The summed E-state index contributed by atoms with van der Waals surface area (Å²) in [6, 6.07) is 8.51. The Balaban J connectivity index is 2.43. The third kappa shape index (κ3) is 6.64. The number of benzene rings is 2. The maximum atomic E-state index is 13.8. The van der Waals surface area contributed by atoms with Gasteiger partial charge in [0.2, 0.25) is 21.8 Å². The minimum atomic E-state index is -4.04. The predicted molar refractivity (Wildman–Crippen MR) is 120 cm³/mol. The zero-order chi connectivity index (χ0) is 24.8. The zero-order valence-corrected chi connectivity index (χ0v) is 19.7. The van der Waals surface area contributed by atoms with Gasteiger partial charge in [0.15, 0.2) is 11.6 Å². The molecule has 0 aromatic heterocycles. The number of sulfonamides is 1. The highest BCUT2D eigenvalue weighted by Crippen LogP contribution is 2.22. The number of methoxy groups -OCH3 is 1. The molecule has 0 aliphatic rings. The quantitative estimate of drug-likeness (QED) is 0.560. The van der Waals surface area contributed by atoms with Crippen molar-refractivity contribution < 1.29 is 31.5 Å². The highest BCUT2D eigenvalue weighted by molar-refractivity contribution is 7.92. The van der Waals surface area contributed by atoms with Gasteiger partial charge >= 0.3 is 0 Å². The fourth-order valence-corrected chi connectivity index (χ4v) is 4.11. The number of carbonyl (C=O) groups is 2. The van der Waals surface area contributed by atoms with Crippen LogP contribution in [0, 0.1) is 11.6 Å². The highest BCUT2D eigenvalue weighted by Gasteiger charge is 2.31. The Kier molecular flexibility index (Phi) is 8.75. The lowest BCUT2D eigenvalue weighted by Gasteiger charge is -2.32. The number of rotatable bonds is 10. The van der Waals surface area contributed by atoms with Crippen LogP contribution in [0.2, 0.25) is 0 Å². The van der Waals surface area contributed by atoms with Crippen molar-refractivity contribution in [3.8, 4) is 5.75 Å². The molecule has 180 valence electrons. The lowest BCUT2D eigenvalue weighted by molar-refractivity contribution is -0.140. The van der Waals surface area contributed by atoms with Crippen LogP contribution < -0.4 is 14.4 Å². The molecule has 0 heterocycles. The summed E-state index contributed by atoms with van der Waals surface area (Å²) in [4.78, 5) is 27.0. The van der Waals surface area contributed by atoms with E-state index in [-0.39, 0.29) is 18.7 Å². The molecule has 1 N–H and O–H groups in total. The molecule has 1 atom stereocenters. The van der Waals surface area contributed by atoms with Gasteiger partial charge in [-0.15, -0.1) is 0 Å². The smallest absolute Gasteiger partial charge is 0.244 e. The van der Waals surface area contributed by atoms with Crippen LogP contribution in [0.1, 0.15) is 18.9 Å². The molecule has 0 fully saturated rings. The first-order valence-electron chi connectivity index (χ1n) is 10.1. The van der Waals surface area contributed by atoms with Crippen molar-refractivity contribution in [2.75, 3.05) is 31.3 Å². The van der Waals surface area contributed by atoms with Crippen molar-refractivity contribution in [1.29, 1.82) is 0 Å². The summed E-state index contributed by atoms with van der Waals surface area (Å²) in [5, 5.41) is 2.51. The normalized spacial score (nSPS) is 12.1. The first kappa shape index (κ1) is 26.0. The van der Waals surface area contributed by atoms with Crippen LogP contribution in [0.15, 0.2) is 42.5 Å². The van der Waals surface area contributed by atoms with Crippen LogP contribution in [0.25, 0.3) is 0 Å². The van der Waals surface area contributed by atoms with Crippen molar-refractivity contribution in [1.82, 2.24) is 10.2 Å². The summed E-state index contributed by atoms with van der Waals surface area (Å²) in [5.41, 5.74) is 0.479. The van der Waals surface area contributed by atoms with E-state index in [1.807, 2.05) is 0 Å². The van der Waals surface area contributed by atoms with E-state index in [0.29, 0.717) is 21.7 Å². The van der Waals surface area contributed by atoms with E-state index < -0.39 is 46.1 Å². The second-order valence-corrected chi connectivity index (χ2v) is 9.18. The molecule has 33 heavy (non-hydrogen) atoms. The molecule has 0 saturated carbocycles. The van der Waals surface area contributed by atoms with Gasteiger partial charge in [-0.25, -0.2) is 17.2 Å². The third-order valence-electron chi connectivity index (χ3n) is 5.01. The van der Waals surface area contributed by atoms with E-state index in [1.54, 1.807) is 31.2 Å². The molecule has 0 spiro atoms. The Morgan fingerprint density at radius 1 is 1.09 bits per heavy atom. The lowest BCUT2D eigenvalue weighted by atomic mass is 10.1. The van der Waals surface area contributed by atoms with E-state index in [4.69, 9.17) is 4.74 Å². The zero-order valence-electron chi connectivity index (χ0n) is 18.8. The number of hydrogen-bond donors (Lipinski definition) is 1. The molecule has 11 heteroatoms.